The number of carbonyl (C=O) groups is 2. The van der Waals surface area contributed by atoms with Gasteiger partial charge in [0, 0.05) is 5.02 Å². The summed E-state index contributed by atoms with van der Waals surface area (Å²) in [5, 5.41) is 3.58. The molecule has 6 nitrogen and oxygen atoms in total. The van der Waals surface area contributed by atoms with Crippen molar-refractivity contribution in [2.75, 3.05) is 7.11 Å². The Labute approximate surface area is 207 Å². The Kier molecular flexibility index (Phi) is 7.10. The number of imide groups is 1. The van der Waals surface area contributed by atoms with E-state index in [1.807, 2.05) is 43.3 Å². The molecule has 0 unspecified atom stereocenters. The number of halogens is 2. The van der Waals surface area contributed by atoms with E-state index >= 15 is 0 Å². The van der Waals surface area contributed by atoms with E-state index in [9.17, 15) is 9.59 Å². The fraction of sp³-hybridized carbons (Fsp3) is 0.154. The number of aryl methyl sites for hydroxylation is 1. The maximum absolute atomic E-state index is 12.9. The molecule has 1 saturated heterocycles. The van der Waals surface area contributed by atoms with E-state index in [0.29, 0.717) is 27.1 Å². The number of methoxy groups -OCH3 is 1. The van der Waals surface area contributed by atoms with Crippen LogP contribution in [-0.2, 0) is 17.9 Å². The van der Waals surface area contributed by atoms with Crippen LogP contribution in [0.15, 0.2) is 66.4 Å². The van der Waals surface area contributed by atoms with Gasteiger partial charge in [-0.2, -0.15) is 0 Å². The van der Waals surface area contributed by atoms with Gasteiger partial charge in [0.15, 0.2) is 11.5 Å². The summed E-state index contributed by atoms with van der Waals surface area (Å²) in [5.74, 6) is 0.370. The van der Waals surface area contributed by atoms with Crippen LogP contribution in [0.1, 0.15) is 22.3 Å². The third kappa shape index (κ3) is 5.35. The zero-order valence-corrected chi connectivity index (χ0v) is 20.1. The minimum atomic E-state index is -0.474. The largest absolute Gasteiger partial charge is 0.493 e. The van der Waals surface area contributed by atoms with Gasteiger partial charge in [-0.1, -0.05) is 65.2 Å². The second kappa shape index (κ2) is 10.2. The minimum Gasteiger partial charge on any atom is -0.493 e. The minimum absolute atomic E-state index is 0.157. The van der Waals surface area contributed by atoms with Crippen LogP contribution in [0.25, 0.3) is 6.08 Å². The number of carbonyl (C=O) groups excluding carboxylic acids is 2. The Morgan fingerprint density at radius 2 is 1.65 bits per heavy atom. The SMILES string of the molecule is COc1cc(/C=C2/NC(=O)N(Cc3ccc(C)cc3)C2=O)cc(Cl)c1OCc1ccc(Cl)cc1. The molecule has 1 N–H and O–H groups in total. The zero-order chi connectivity index (χ0) is 24.2. The molecule has 8 heteroatoms. The summed E-state index contributed by atoms with van der Waals surface area (Å²) in [6.45, 7) is 2.44. The average molecular weight is 497 g/mol. The summed E-state index contributed by atoms with van der Waals surface area (Å²) in [5.41, 5.74) is 3.63. The molecule has 4 rings (SSSR count). The standard InChI is InChI=1S/C26H22Cl2N2O4/c1-16-3-5-17(6-4-16)14-30-25(31)22(29-26(30)32)12-19-11-21(28)24(23(13-19)33-2)34-15-18-7-9-20(27)10-8-18/h3-13H,14-15H2,1-2H3,(H,29,32)/b22-12+. The molecule has 1 fully saturated rings. The summed E-state index contributed by atoms with van der Waals surface area (Å²) < 4.78 is 11.3. The number of nitrogens with zero attached hydrogens (tertiary/aromatic N) is 1. The van der Waals surface area contributed by atoms with Gasteiger partial charge in [0.05, 0.1) is 18.7 Å². The van der Waals surface area contributed by atoms with Crippen LogP contribution in [0.2, 0.25) is 10.0 Å². The van der Waals surface area contributed by atoms with Crippen molar-refractivity contribution in [3.63, 3.8) is 0 Å². The van der Waals surface area contributed by atoms with Gasteiger partial charge in [-0.05, 0) is 54.0 Å². The van der Waals surface area contributed by atoms with Gasteiger partial charge in [-0.15, -0.1) is 0 Å². The second-order valence-electron chi connectivity index (χ2n) is 7.81. The fourth-order valence-electron chi connectivity index (χ4n) is 3.46. The Balaban J connectivity index is 1.52. The fourth-order valence-corrected chi connectivity index (χ4v) is 3.86. The van der Waals surface area contributed by atoms with E-state index in [-0.39, 0.29) is 18.8 Å². The molecule has 174 valence electrons. The molecular weight excluding hydrogens is 475 g/mol. The lowest BCUT2D eigenvalue weighted by Crippen LogP contribution is -2.30. The van der Waals surface area contributed by atoms with Crippen LogP contribution in [-0.4, -0.2) is 23.9 Å². The lowest BCUT2D eigenvalue weighted by molar-refractivity contribution is -0.123. The van der Waals surface area contributed by atoms with Gasteiger partial charge in [0.2, 0.25) is 0 Å². The normalized spacial score (nSPS) is 14.5. The van der Waals surface area contributed by atoms with E-state index in [2.05, 4.69) is 5.32 Å². The highest BCUT2D eigenvalue weighted by Crippen LogP contribution is 2.37. The number of nitrogens with one attached hydrogen (secondary N) is 1. The van der Waals surface area contributed by atoms with E-state index < -0.39 is 11.9 Å². The topological polar surface area (TPSA) is 67.9 Å². The van der Waals surface area contributed by atoms with Gasteiger partial charge in [0.25, 0.3) is 5.91 Å². The van der Waals surface area contributed by atoms with Gasteiger partial charge < -0.3 is 14.8 Å². The summed E-state index contributed by atoms with van der Waals surface area (Å²) in [6, 6.07) is 17.8. The number of benzene rings is 3. The summed E-state index contributed by atoms with van der Waals surface area (Å²) in [7, 11) is 1.50. The van der Waals surface area contributed by atoms with Crippen LogP contribution in [0.5, 0.6) is 11.5 Å². The van der Waals surface area contributed by atoms with Crippen molar-refractivity contribution in [2.45, 2.75) is 20.1 Å². The summed E-state index contributed by atoms with van der Waals surface area (Å²) in [6.07, 6.45) is 1.56. The number of ether oxygens (including phenoxy) is 2. The predicted molar refractivity (Wildman–Crippen MR) is 132 cm³/mol. The number of hydrogen-bond acceptors (Lipinski definition) is 4. The molecule has 3 aromatic carbocycles. The molecule has 3 aromatic rings. The number of amides is 3. The average Bonchev–Trinajstić information content (AvgIpc) is 3.07. The Bertz CT molecular complexity index is 1260. The van der Waals surface area contributed by atoms with Crippen molar-refractivity contribution < 1.29 is 19.1 Å². The Hall–Kier alpha value is -3.48. The third-order valence-corrected chi connectivity index (χ3v) is 5.82. The molecule has 0 saturated carbocycles. The molecule has 1 aliphatic rings. The highest BCUT2D eigenvalue weighted by Gasteiger charge is 2.33. The maximum atomic E-state index is 12.9. The summed E-state index contributed by atoms with van der Waals surface area (Å²) in [4.78, 5) is 26.4. The third-order valence-electron chi connectivity index (χ3n) is 5.28. The van der Waals surface area contributed by atoms with Gasteiger partial charge >= 0.3 is 6.03 Å². The van der Waals surface area contributed by atoms with Crippen molar-refractivity contribution in [1.82, 2.24) is 10.2 Å². The number of urea groups is 1. The molecule has 1 aliphatic heterocycles. The zero-order valence-electron chi connectivity index (χ0n) is 18.6. The van der Waals surface area contributed by atoms with Gasteiger partial charge in [-0.25, -0.2) is 4.79 Å². The lowest BCUT2D eigenvalue weighted by atomic mass is 10.1. The predicted octanol–water partition coefficient (Wildman–Crippen LogP) is 5.98. The molecule has 1 heterocycles. The highest BCUT2D eigenvalue weighted by atomic mass is 35.5. The number of hydrogen-bond donors (Lipinski definition) is 1. The monoisotopic (exact) mass is 496 g/mol. The molecule has 0 radical (unpaired) electrons. The van der Waals surface area contributed by atoms with Crippen LogP contribution in [0, 0.1) is 6.92 Å². The van der Waals surface area contributed by atoms with E-state index in [0.717, 1.165) is 16.7 Å². The van der Waals surface area contributed by atoms with Crippen molar-refractivity contribution in [3.8, 4) is 11.5 Å². The van der Waals surface area contributed by atoms with Crippen molar-refractivity contribution in [3.05, 3.63) is 98.7 Å². The first-order chi connectivity index (χ1) is 16.3. The molecule has 0 bridgehead atoms. The van der Waals surface area contributed by atoms with E-state index in [4.69, 9.17) is 32.7 Å². The lowest BCUT2D eigenvalue weighted by Gasteiger charge is -2.14. The van der Waals surface area contributed by atoms with Gasteiger partial charge in [-0.3, -0.25) is 9.69 Å². The molecule has 34 heavy (non-hydrogen) atoms. The van der Waals surface area contributed by atoms with Crippen LogP contribution >= 0.6 is 23.2 Å². The molecule has 0 aromatic heterocycles. The van der Waals surface area contributed by atoms with Crippen molar-refractivity contribution >= 4 is 41.2 Å². The van der Waals surface area contributed by atoms with Crippen LogP contribution < -0.4 is 14.8 Å². The molecule has 0 atom stereocenters. The van der Waals surface area contributed by atoms with E-state index in [1.54, 1.807) is 30.3 Å². The molecule has 0 spiro atoms. The molecular formula is C26H22Cl2N2O4. The van der Waals surface area contributed by atoms with Gasteiger partial charge in [0.1, 0.15) is 12.3 Å². The Morgan fingerprint density at radius 1 is 0.971 bits per heavy atom. The smallest absolute Gasteiger partial charge is 0.329 e. The summed E-state index contributed by atoms with van der Waals surface area (Å²) >= 11 is 12.4. The molecule has 3 amide bonds. The second-order valence-corrected chi connectivity index (χ2v) is 8.66. The Morgan fingerprint density at radius 3 is 2.32 bits per heavy atom. The first kappa shape index (κ1) is 23.7. The molecule has 0 aliphatic carbocycles. The number of rotatable bonds is 7. The maximum Gasteiger partial charge on any atom is 0.329 e. The van der Waals surface area contributed by atoms with Crippen LogP contribution in [0.4, 0.5) is 4.79 Å². The first-order valence-electron chi connectivity index (χ1n) is 10.5. The van der Waals surface area contributed by atoms with E-state index in [1.165, 1.54) is 12.0 Å². The van der Waals surface area contributed by atoms with Crippen molar-refractivity contribution in [1.29, 1.82) is 0 Å². The van der Waals surface area contributed by atoms with Crippen LogP contribution in [0.3, 0.4) is 0 Å². The first-order valence-corrected chi connectivity index (χ1v) is 11.2. The van der Waals surface area contributed by atoms with Crippen molar-refractivity contribution in [2.24, 2.45) is 0 Å². The highest BCUT2D eigenvalue weighted by molar-refractivity contribution is 6.32. The quantitative estimate of drug-likeness (QED) is 0.322.